The molecule has 20 heavy (non-hydrogen) atoms. The van der Waals surface area contributed by atoms with E-state index in [-0.39, 0.29) is 11.5 Å². The summed E-state index contributed by atoms with van der Waals surface area (Å²) in [5.74, 6) is 1.45. The van der Waals surface area contributed by atoms with Crippen LogP contribution in [-0.4, -0.2) is 38.3 Å². The maximum Gasteiger partial charge on any atom is 0.228 e. The first-order valence-corrected chi connectivity index (χ1v) is 8.32. The topological polar surface area (TPSA) is 50.4 Å². The van der Waals surface area contributed by atoms with Gasteiger partial charge in [-0.1, -0.05) is 12.8 Å². The molecule has 0 aromatic carbocycles. The van der Waals surface area contributed by atoms with Crippen molar-refractivity contribution >= 4 is 5.91 Å². The van der Waals surface area contributed by atoms with Crippen molar-refractivity contribution in [3.8, 4) is 0 Å². The summed E-state index contributed by atoms with van der Waals surface area (Å²) in [5.41, 5.74) is -0.113. The fraction of sp³-hybridized carbons (Fsp3) is 0.938. The minimum absolute atomic E-state index is 0.113. The summed E-state index contributed by atoms with van der Waals surface area (Å²) < 4.78 is 5.42. The monoisotopic (exact) mass is 280 g/mol. The predicted molar refractivity (Wildman–Crippen MR) is 78.4 cm³/mol. The smallest absolute Gasteiger partial charge is 0.228 e. The van der Waals surface area contributed by atoms with Gasteiger partial charge in [0.2, 0.25) is 5.91 Å². The lowest BCUT2D eigenvalue weighted by Crippen LogP contribution is -2.52. The third-order valence-corrected chi connectivity index (χ3v) is 5.82. The summed E-state index contributed by atoms with van der Waals surface area (Å²) in [5, 5.41) is 6.80. The second kappa shape index (κ2) is 6.02. The molecule has 0 aromatic heterocycles. The van der Waals surface area contributed by atoms with Crippen LogP contribution in [0.1, 0.15) is 45.4 Å². The van der Waals surface area contributed by atoms with E-state index in [1.807, 2.05) is 0 Å². The van der Waals surface area contributed by atoms with Crippen LogP contribution in [0.2, 0.25) is 0 Å². The van der Waals surface area contributed by atoms with Gasteiger partial charge >= 0.3 is 0 Å². The Morgan fingerprint density at radius 3 is 2.90 bits per heavy atom. The summed E-state index contributed by atoms with van der Waals surface area (Å²) in [7, 11) is 0. The van der Waals surface area contributed by atoms with Gasteiger partial charge in [-0.3, -0.25) is 4.79 Å². The van der Waals surface area contributed by atoms with Crippen molar-refractivity contribution in [3.05, 3.63) is 0 Å². The number of carbonyl (C=O) groups is 1. The van der Waals surface area contributed by atoms with Gasteiger partial charge < -0.3 is 15.4 Å². The van der Waals surface area contributed by atoms with Crippen LogP contribution >= 0.6 is 0 Å². The maximum atomic E-state index is 12.9. The Labute approximate surface area is 122 Å². The zero-order valence-corrected chi connectivity index (χ0v) is 12.6. The number of ether oxygens (including phenoxy) is 1. The Bertz CT molecular complexity index is 354. The van der Waals surface area contributed by atoms with E-state index in [2.05, 4.69) is 17.6 Å². The molecule has 1 unspecified atom stereocenters. The fourth-order valence-corrected chi connectivity index (χ4v) is 4.37. The first-order chi connectivity index (χ1) is 9.72. The molecule has 2 heterocycles. The van der Waals surface area contributed by atoms with Crippen LogP contribution in [0.15, 0.2) is 0 Å². The van der Waals surface area contributed by atoms with Crippen molar-refractivity contribution in [2.75, 3.05) is 26.3 Å². The number of hydrogen-bond donors (Lipinski definition) is 2. The molecule has 3 fully saturated rings. The molecule has 3 rings (SSSR count). The van der Waals surface area contributed by atoms with E-state index in [0.29, 0.717) is 17.7 Å². The van der Waals surface area contributed by atoms with Crippen LogP contribution in [0.25, 0.3) is 0 Å². The van der Waals surface area contributed by atoms with Gasteiger partial charge in [-0.05, 0) is 51.0 Å². The van der Waals surface area contributed by atoms with Crippen LogP contribution in [0.3, 0.4) is 0 Å². The maximum absolute atomic E-state index is 12.9. The van der Waals surface area contributed by atoms with Crippen LogP contribution in [0, 0.1) is 17.3 Å². The molecule has 0 aromatic rings. The Morgan fingerprint density at radius 2 is 2.10 bits per heavy atom. The van der Waals surface area contributed by atoms with Crippen molar-refractivity contribution < 1.29 is 9.53 Å². The van der Waals surface area contributed by atoms with Gasteiger partial charge in [0.15, 0.2) is 0 Å². The Balaban J connectivity index is 1.62. The number of hydrogen-bond acceptors (Lipinski definition) is 3. The summed E-state index contributed by atoms with van der Waals surface area (Å²) in [6.07, 6.45) is 6.93. The first-order valence-electron chi connectivity index (χ1n) is 8.32. The minimum atomic E-state index is -0.113. The Morgan fingerprint density at radius 1 is 1.30 bits per heavy atom. The second-order valence-corrected chi connectivity index (χ2v) is 6.94. The molecule has 0 spiro atoms. The largest absolute Gasteiger partial charge is 0.381 e. The average Bonchev–Trinajstić information content (AvgIpc) is 2.93. The van der Waals surface area contributed by atoms with E-state index in [9.17, 15) is 4.79 Å². The minimum Gasteiger partial charge on any atom is -0.381 e. The summed E-state index contributed by atoms with van der Waals surface area (Å²) >= 11 is 0. The average molecular weight is 280 g/mol. The fourth-order valence-electron chi connectivity index (χ4n) is 4.37. The van der Waals surface area contributed by atoms with Gasteiger partial charge in [0, 0.05) is 25.8 Å². The van der Waals surface area contributed by atoms with E-state index in [1.165, 1.54) is 19.3 Å². The van der Waals surface area contributed by atoms with E-state index < -0.39 is 0 Å². The van der Waals surface area contributed by atoms with Crippen molar-refractivity contribution in [2.24, 2.45) is 17.3 Å². The molecule has 3 atom stereocenters. The van der Waals surface area contributed by atoms with Crippen LogP contribution in [-0.2, 0) is 9.53 Å². The van der Waals surface area contributed by atoms with Gasteiger partial charge in [-0.15, -0.1) is 0 Å². The molecule has 4 nitrogen and oxygen atoms in total. The first kappa shape index (κ1) is 14.3. The van der Waals surface area contributed by atoms with Gasteiger partial charge in [0.25, 0.3) is 0 Å². The lowest BCUT2D eigenvalue weighted by molar-refractivity contribution is -0.135. The summed E-state index contributed by atoms with van der Waals surface area (Å²) in [4.78, 5) is 12.9. The van der Waals surface area contributed by atoms with E-state index >= 15 is 0 Å². The third kappa shape index (κ3) is 2.60. The zero-order chi connectivity index (χ0) is 14.0. The van der Waals surface area contributed by atoms with Crippen molar-refractivity contribution in [3.63, 3.8) is 0 Å². The van der Waals surface area contributed by atoms with Crippen molar-refractivity contribution in [1.29, 1.82) is 0 Å². The number of rotatable bonds is 3. The molecular formula is C16H28N2O2. The predicted octanol–water partition coefficient (Wildman–Crippen LogP) is 1.70. The highest BCUT2D eigenvalue weighted by Gasteiger charge is 2.50. The number of nitrogens with one attached hydrogen (secondary N) is 2. The molecule has 1 amide bonds. The van der Waals surface area contributed by atoms with Crippen LogP contribution in [0.4, 0.5) is 0 Å². The van der Waals surface area contributed by atoms with E-state index in [1.54, 1.807) is 0 Å². The third-order valence-electron chi connectivity index (χ3n) is 5.82. The molecule has 1 saturated carbocycles. The van der Waals surface area contributed by atoms with Crippen LogP contribution < -0.4 is 10.6 Å². The molecule has 2 aliphatic heterocycles. The number of amides is 1. The molecule has 4 heteroatoms. The molecular weight excluding hydrogens is 252 g/mol. The molecule has 2 saturated heterocycles. The Hall–Kier alpha value is -0.610. The highest BCUT2D eigenvalue weighted by Crippen LogP contribution is 2.44. The highest BCUT2D eigenvalue weighted by molar-refractivity contribution is 5.84. The number of carbonyl (C=O) groups excluding carboxylic acids is 1. The van der Waals surface area contributed by atoms with Gasteiger partial charge in [-0.2, -0.15) is 0 Å². The van der Waals surface area contributed by atoms with Gasteiger partial charge in [0.05, 0.1) is 5.41 Å². The molecule has 0 bridgehead atoms. The van der Waals surface area contributed by atoms with Crippen molar-refractivity contribution in [1.82, 2.24) is 10.6 Å². The molecule has 114 valence electrons. The SMILES string of the molecule is CC(NC(=O)[C@@]12CCCC[C@H]1CNC2)C1CCOCC1. The molecule has 1 aliphatic carbocycles. The molecule has 2 N–H and O–H groups in total. The van der Waals surface area contributed by atoms with E-state index in [4.69, 9.17) is 4.74 Å². The quantitative estimate of drug-likeness (QED) is 0.827. The highest BCUT2D eigenvalue weighted by atomic mass is 16.5. The van der Waals surface area contributed by atoms with Crippen molar-refractivity contribution in [2.45, 2.75) is 51.5 Å². The van der Waals surface area contributed by atoms with Gasteiger partial charge in [0.1, 0.15) is 0 Å². The standard InChI is InChI=1S/C16H28N2O2/c1-12(13-5-8-20-9-6-13)18-15(19)16-7-3-2-4-14(16)10-17-11-16/h12-14,17H,2-11H2,1H3,(H,18,19)/t12?,14-,16+/m0/s1. The normalized spacial score (nSPS) is 36.4. The molecule has 0 radical (unpaired) electrons. The lowest BCUT2D eigenvalue weighted by Gasteiger charge is -2.39. The van der Waals surface area contributed by atoms with E-state index in [0.717, 1.165) is 45.6 Å². The molecule has 3 aliphatic rings. The lowest BCUT2D eigenvalue weighted by atomic mass is 9.67. The second-order valence-electron chi connectivity index (χ2n) is 6.94. The zero-order valence-electron chi connectivity index (χ0n) is 12.6. The summed E-state index contributed by atoms with van der Waals surface area (Å²) in [6.45, 7) is 5.77. The van der Waals surface area contributed by atoms with Crippen LogP contribution in [0.5, 0.6) is 0 Å². The summed E-state index contributed by atoms with van der Waals surface area (Å²) in [6, 6.07) is 0.281. The van der Waals surface area contributed by atoms with Gasteiger partial charge in [-0.25, -0.2) is 0 Å². The number of fused-ring (bicyclic) bond motifs is 1. The Kier molecular flexibility index (Phi) is 4.32.